The Kier molecular flexibility index (Phi) is 2.18. The van der Waals surface area contributed by atoms with Crippen molar-refractivity contribution in [1.82, 2.24) is 4.90 Å². The zero-order valence-electron chi connectivity index (χ0n) is 8.52. The van der Waals surface area contributed by atoms with E-state index in [1.165, 1.54) is 0 Å². The molecule has 1 saturated heterocycles. The van der Waals surface area contributed by atoms with Crippen molar-refractivity contribution in [3.8, 4) is 6.07 Å². The fraction of sp³-hybridized carbons (Fsp3) is 0.900. The molecule has 0 amide bonds. The SMILES string of the molecule is CC1(CC#N)CN(C(C)(C)C)C1. The standard InChI is InChI=1S/C10H18N2/c1-9(2,3)12-7-10(4,8-12)5-6-11/h5,7-8H2,1-4H3. The van der Waals surface area contributed by atoms with Crippen molar-refractivity contribution in [1.29, 1.82) is 5.26 Å². The fourth-order valence-corrected chi connectivity index (χ4v) is 1.65. The van der Waals surface area contributed by atoms with E-state index in [0.717, 1.165) is 13.1 Å². The van der Waals surface area contributed by atoms with Crippen molar-refractivity contribution in [2.45, 2.75) is 39.7 Å². The minimum Gasteiger partial charge on any atom is -0.297 e. The molecule has 1 fully saturated rings. The van der Waals surface area contributed by atoms with Crippen LogP contribution in [0.3, 0.4) is 0 Å². The summed E-state index contributed by atoms with van der Waals surface area (Å²) in [5.74, 6) is 0. The summed E-state index contributed by atoms with van der Waals surface area (Å²) in [7, 11) is 0. The van der Waals surface area contributed by atoms with Crippen molar-refractivity contribution in [2.75, 3.05) is 13.1 Å². The molecule has 1 aliphatic heterocycles. The number of hydrogen-bond donors (Lipinski definition) is 0. The number of rotatable bonds is 1. The lowest BCUT2D eigenvalue weighted by atomic mass is 9.77. The highest BCUT2D eigenvalue weighted by atomic mass is 15.3. The topological polar surface area (TPSA) is 27.0 Å². The van der Waals surface area contributed by atoms with Crippen molar-refractivity contribution < 1.29 is 0 Å². The minimum atomic E-state index is 0.266. The molecule has 0 spiro atoms. The van der Waals surface area contributed by atoms with Gasteiger partial charge in [0.15, 0.2) is 0 Å². The van der Waals surface area contributed by atoms with E-state index in [0.29, 0.717) is 6.42 Å². The Balaban J connectivity index is 2.43. The molecular weight excluding hydrogens is 148 g/mol. The van der Waals surface area contributed by atoms with Gasteiger partial charge in [-0.3, -0.25) is 4.90 Å². The molecule has 0 aromatic rings. The Morgan fingerprint density at radius 3 is 2.25 bits per heavy atom. The lowest BCUT2D eigenvalue weighted by molar-refractivity contribution is -0.0450. The average Bonchev–Trinajstić information content (AvgIpc) is 1.81. The maximum atomic E-state index is 8.59. The summed E-state index contributed by atoms with van der Waals surface area (Å²) in [6.45, 7) is 11.0. The van der Waals surface area contributed by atoms with E-state index in [1.807, 2.05) is 0 Å². The summed E-state index contributed by atoms with van der Waals surface area (Å²) < 4.78 is 0. The summed E-state index contributed by atoms with van der Waals surface area (Å²) in [6.07, 6.45) is 0.694. The Morgan fingerprint density at radius 2 is 1.92 bits per heavy atom. The first kappa shape index (κ1) is 9.54. The highest BCUT2D eigenvalue weighted by Gasteiger charge is 2.42. The Labute approximate surface area is 75.2 Å². The zero-order valence-corrected chi connectivity index (χ0v) is 8.52. The first-order valence-electron chi connectivity index (χ1n) is 4.49. The van der Waals surface area contributed by atoms with E-state index >= 15 is 0 Å². The monoisotopic (exact) mass is 166 g/mol. The largest absolute Gasteiger partial charge is 0.297 e. The van der Waals surface area contributed by atoms with Crippen molar-refractivity contribution in [2.24, 2.45) is 5.41 Å². The number of nitriles is 1. The maximum absolute atomic E-state index is 8.59. The van der Waals surface area contributed by atoms with Gasteiger partial charge in [-0.1, -0.05) is 6.92 Å². The first-order valence-corrected chi connectivity index (χ1v) is 4.49. The Morgan fingerprint density at radius 1 is 1.42 bits per heavy atom. The fourth-order valence-electron chi connectivity index (χ4n) is 1.65. The highest BCUT2D eigenvalue weighted by molar-refractivity contribution is 5.00. The third kappa shape index (κ3) is 1.78. The van der Waals surface area contributed by atoms with Crippen LogP contribution in [0.25, 0.3) is 0 Å². The van der Waals surface area contributed by atoms with Gasteiger partial charge in [-0.15, -0.1) is 0 Å². The summed E-state index contributed by atoms with van der Waals surface area (Å²) in [5, 5.41) is 8.59. The van der Waals surface area contributed by atoms with Crippen LogP contribution in [-0.4, -0.2) is 23.5 Å². The minimum absolute atomic E-state index is 0.266. The second-order valence-electron chi connectivity index (χ2n) is 5.17. The molecule has 0 saturated carbocycles. The smallest absolute Gasteiger partial charge is 0.0628 e. The van der Waals surface area contributed by atoms with Crippen LogP contribution in [0.1, 0.15) is 34.1 Å². The molecule has 0 aliphatic carbocycles. The Hall–Kier alpha value is -0.550. The number of nitrogens with zero attached hydrogens (tertiary/aromatic N) is 2. The van der Waals surface area contributed by atoms with Gasteiger partial charge in [-0.2, -0.15) is 5.26 Å². The van der Waals surface area contributed by atoms with Crippen molar-refractivity contribution >= 4 is 0 Å². The molecule has 1 rings (SSSR count). The van der Waals surface area contributed by atoms with Crippen molar-refractivity contribution in [3.05, 3.63) is 0 Å². The van der Waals surface area contributed by atoms with Gasteiger partial charge in [0, 0.05) is 30.5 Å². The molecular formula is C10H18N2. The van der Waals surface area contributed by atoms with Crippen molar-refractivity contribution in [3.63, 3.8) is 0 Å². The molecule has 1 aliphatic rings. The lowest BCUT2D eigenvalue weighted by Gasteiger charge is -2.53. The molecule has 2 heteroatoms. The van der Waals surface area contributed by atoms with E-state index in [-0.39, 0.29) is 11.0 Å². The molecule has 12 heavy (non-hydrogen) atoms. The van der Waals surface area contributed by atoms with Crippen LogP contribution in [0, 0.1) is 16.7 Å². The molecule has 1 heterocycles. The predicted octanol–water partition coefficient (Wildman–Crippen LogP) is 2.02. The van der Waals surface area contributed by atoms with E-state index in [9.17, 15) is 0 Å². The summed E-state index contributed by atoms with van der Waals surface area (Å²) in [5.41, 5.74) is 0.539. The molecule has 0 atom stereocenters. The Bertz CT molecular complexity index is 201. The number of likely N-dealkylation sites (tertiary alicyclic amines) is 1. The van der Waals surface area contributed by atoms with E-state index < -0.39 is 0 Å². The van der Waals surface area contributed by atoms with E-state index in [4.69, 9.17) is 5.26 Å². The molecule has 0 radical (unpaired) electrons. The quantitative estimate of drug-likeness (QED) is 0.596. The van der Waals surface area contributed by atoms with E-state index in [2.05, 4.69) is 38.7 Å². The van der Waals surface area contributed by atoms with Crippen LogP contribution in [0.15, 0.2) is 0 Å². The van der Waals surface area contributed by atoms with Gasteiger partial charge in [0.2, 0.25) is 0 Å². The zero-order chi connectivity index (χ0) is 9.41. The number of hydrogen-bond acceptors (Lipinski definition) is 2. The van der Waals surface area contributed by atoms with Crippen LogP contribution >= 0.6 is 0 Å². The predicted molar refractivity (Wildman–Crippen MR) is 49.7 cm³/mol. The van der Waals surface area contributed by atoms with Crippen LogP contribution in [0.4, 0.5) is 0 Å². The van der Waals surface area contributed by atoms with Crippen LogP contribution in [0.2, 0.25) is 0 Å². The normalized spacial score (nSPS) is 22.9. The van der Waals surface area contributed by atoms with Crippen LogP contribution in [-0.2, 0) is 0 Å². The third-order valence-electron chi connectivity index (χ3n) is 2.60. The molecule has 0 N–H and O–H groups in total. The van der Waals surface area contributed by atoms with Gasteiger partial charge in [-0.25, -0.2) is 0 Å². The van der Waals surface area contributed by atoms with Crippen LogP contribution < -0.4 is 0 Å². The molecule has 2 nitrogen and oxygen atoms in total. The highest BCUT2D eigenvalue weighted by Crippen LogP contribution is 2.37. The van der Waals surface area contributed by atoms with Gasteiger partial charge >= 0.3 is 0 Å². The third-order valence-corrected chi connectivity index (χ3v) is 2.60. The molecule has 0 bridgehead atoms. The first-order chi connectivity index (χ1) is 5.37. The average molecular weight is 166 g/mol. The van der Waals surface area contributed by atoms with E-state index in [1.54, 1.807) is 0 Å². The lowest BCUT2D eigenvalue weighted by Crippen LogP contribution is -2.61. The molecule has 0 aromatic heterocycles. The maximum Gasteiger partial charge on any atom is 0.0628 e. The van der Waals surface area contributed by atoms with Gasteiger partial charge in [0.25, 0.3) is 0 Å². The molecule has 0 unspecified atom stereocenters. The van der Waals surface area contributed by atoms with Gasteiger partial charge in [0.05, 0.1) is 6.07 Å². The van der Waals surface area contributed by atoms with Gasteiger partial charge in [0.1, 0.15) is 0 Å². The summed E-state index contributed by atoms with van der Waals surface area (Å²) in [4.78, 5) is 2.42. The summed E-state index contributed by atoms with van der Waals surface area (Å²) >= 11 is 0. The van der Waals surface area contributed by atoms with Crippen LogP contribution in [0.5, 0.6) is 0 Å². The second-order valence-corrected chi connectivity index (χ2v) is 5.17. The molecule has 68 valence electrons. The second kappa shape index (κ2) is 2.74. The molecule has 0 aromatic carbocycles. The van der Waals surface area contributed by atoms with Gasteiger partial charge in [-0.05, 0) is 20.8 Å². The summed E-state index contributed by atoms with van der Waals surface area (Å²) in [6, 6.07) is 2.26. The van der Waals surface area contributed by atoms with Gasteiger partial charge < -0.3 is 0 Å².